The quantitative estimate of drug-likeness (QED) is 0.672. The Morgan fingerprint density at radius 1 is 1.03 bits per heavy atom. The van der Waals surface area contributed by atoms with E-state index >= 15 is 0 Å². The number of fused-ring (bicyclic) bond motifs is 1. The maximum Gasteiger partial charge on any atom is 0.261 e. The summed E-state index contributed by atoms with van der Waals surface area (Å²) < 4.78 is 3.65. The molecule has 1 saturated carbocycles. The number of hydrogen-bond donors (Lipinski definition) is 0. The van der Waals surface area contributed by atoms with Crippen molar-refractivity contribution in [3.05, 3.63) is 74.7 Å². The zero-order valence-electron chi connectivity index (χ0n) is 16.8. The average molecular weight is 390 g/mol. The first kappa shape index (κ1) is 18.3. The van der Waals surface area contributed by atoms with Gasteiger partial charge in [0.15, 0.2) is 0 Å². The third kappa shape index (κ3) is 3.42. The molecule has 0 bridgehead atoms. The van der Waals surface area contributed by atoms with E-state index in [1.165, 1.54) is 12.8 Å². The van der Waals surface area contributed by atoms with Crippen LogP contribution in [0.4, 0.5) is 0 Å². The van der Waals surface area contributed by atoms with Crippen LogP contribution in [-0.4, -0.2) is 25.6 Å². The number of benzene rings is 1. The summed E-state index contributed by atoms with van der Waals surface area (Å²) in [6, 6.07) is 13.2. The second-order valence-corrected chi connectivity index (χ2v) is 8.39. The molecular weight excluding hydrogens is 364 g/mol. The minimum Gasteiger partial charge on any atom is -0.314 e. The van der Waals surface area contributed by atoms with Crippen LogP contribution >= 0.6 is 0 Å². The van der Waals surface area contributed by atoms with Gasteiger partial charge >= 0.3 is 0 Å². The largest absolute Gasteiger partial charge is 0.314 e. The molecule has 3 aromatic rings. The van der Waals surface area contributed by atoms with Gasteiger partial charge in [-0.05, 0) is 56.3 Å². The van der Waals surface area contributed by atoms with Crippen molar-refractivity contribution in [3.8, 4) is 0 Å². The van der Waals surface area contributed by atoms with Crippen LogP contribution in [0, 0.1) is 5.92 Å². The Morgan fingerprint density at radius 3 is 2.69 bits per heavy atom. The molecule has 1 atom stereocenters. The van der Waals surface area contributed by atoms with E-state index in [9.17, 15) is 9.59 Å². The molecule has 1 aliphatic carbocycles. The van der Waals surface area contributed by atoms with Gasteiger partial charge in [0.1, 0.15) is 5.82 Å². The van der Waals surface area contributed by atoms with Crippen molar-refractivity contribution in [1.82, 2.24) is 19.0 Å². The van der Waals surface area contributed by atoms with Crippen LogP contribution in [-0.2, 0) is 20.1 Å². The van der Waals surface area contributed by atoms with Crippen molar-refractivity contribution in [2.75, 3.05) is 6.54 Å². The molecule has 2 aromatic heterocycles. The van der Waals surface area contributed by atoms with E-state index in [0.717, 1.165) is 43.0 Å². The summed E-state index contributed by atoms with van der Waals surface area (Å²) in [6.45, 7) is 2.39. The summed E-state index contributed by atoms with van der Waals surface area (Å²) in [5.41, 5.74) is 1.85. The SMILES string of the molecule is Cn1c(CN2CCCC2c2nc3ccccc3c(=O)n2CC2CC2)cccc1=O. The molecule has 29 heavy (non-hydrogen) atoms. The fraction of sp³-hybridized carbons (Fsp3) is 0.435. The summed E-state index contributed by atoms with van der Waals surface area (Å²) in [6.07, 6.45) is 4.44. The van der Waals surface area contributed by atoms with E-state index in [2.05, 4.69) is 4.90 Å². The van der Waals surface area contributed by atoms with E-state index in [1.807, 2.05) is 48.0 Å². The van der Waals surface area contributed by atoms with Gasteiger partial charge in [-0.2, -0.15) is 0 Å². The second-order valence-electron chi connectivity index (χ2n) is 8.39. The lowest BCUT2D eigenvalue weighted by atomic mass is 10.1. The highest BCUT2D eigenvalue weighted by Gasteiger charge is 2.32. The third-order valence-electron chi connectivity index (χ3n) is 6.34. The first-order valence-electron chi connectivity index (χ1n) is 10.5. The molecule has 6 nitrogen and oxygen atoms in total. The molecule has 0 amide bonds. The Balaban J connectivity index is 1.57. The molecule has 1 unspecified atom stereocenters. The molecule has 0 N–H and O–H groups in total. The number of nitrogens with zero attached hydrogens (tertiary/aromatic N) is 4. The normalized spacial score (nSPS) is 19.8. The second kappa shape index (κ2) is 7.26. The molecule has 3 heterocycles. The molecule has 150 valence electrons. The van der Waals surface area contributed by atoms with Gasteiger partial charge in [0.25, 0.3) is 5.56 Å². The van der Waals surface area contributed by atoms with Crippen molar-refractivity contribution in [1.29, 1.82) is 0 Å². The highest BCUT2D eigenvalue weighted by molar-refractivity contribution is 5.77. The first-order valence-corrected chi connectivity index (χ1v) is 10.5. The van der Waals surface area contributed by atoms with Gasteiger partial charge in [-0.1, -0.05) is 18.2 Å². The summed E-state index contributed by atoms with van der Waals surface area (Å²) in [5, 5.41) is 0.701. The third-order valence-corrected chi connectivity index (χ3v) is 6.34. The van der Waals surface area contributed by atoms with E-state index in [1.54, 1.807) is 10.6 Å². The van der Waals surface area contributed by atoms with Gasteiger partial charge in [-0.25, -0.2) is 4.98 Å². The molecule has 0 spiro atoms. The van der Waals surface area contributed by atoms with Crippen LogP contribution in [0.5, 0.6) is 0 Å². The molecule has 6 heteroatoms. The van der Waals surface area contributed by atoms with Gasteiger partial charge in [-0.3, -0.25) is 19.1 Å². The lowest BCUT2D eigenvalue weighted by molar-refractivity contribution is 0.226. The summed E-state index contributed by atoms with van der Waals surface area (Å²) in [5.74, 6) is 1.48. The van der Waals surface area contributed by atoms with Crippen LogP contribution in [0.15, 0.2) is 52.1 Å². The molecule has 5 rings (SSSR count). The van der Waals surface area contributed by atoms with Crippen molar-refractivity contribution in [3.63, 3.8) is 0 Å². The van der Waals surface area contributed by atoms with Crippen LogP contribution in [0.25, 0.3) is 10.9 Å². The van der Waals surface area contributed by atoms with E-state index in [-0.39, 0.29) is 17.2 Å². The monoisotopic (exact) mass is 390 g/mol. The zero-order chi connectivity index (χ0) is 20.0. The van der Waals surface area contributed by atoms with Gasteiger partial charge in [0, 0.05) is 31.9 Å². The minimum atomic E-state index is 0.00715. The minimum absolute atomic E-state index is 0.00715. The van der Waals surface area contributed by atoms with Gasteiger partial charge in [0.2, 0.25) is 5.56 Å². The molecule has 2 aliphatic rings. The Labute approximate surface area is 169 Å². The number of para-hydroxylation sites is 1. The molecular formula is C23H26N4O2. The van der Waals surface area contributed by atoms with Crippen LogP contribution in [0.1, 0.15) is 43.2 Å². The molecule has 1 aromatic carbocycles. The number of rotatable bonds is 5. The molecule has 1 saturated heterocycles. The van der Waals surface area contributed by atoms with Crippen molar-refractivity contribution in [2.24, 2.45) is 13.0 Å². The average Bonchev–Trinajstić information content (AvgIpc) is 3.43. The summed E-state index contributed by atoms with van der Waals surface area (Å²) in [4.78, 5) is 32.7. The number of aromatic nitrogens is 3. The molecule has 2 fully saturated rings. The van der Waals surface area contributed by atoms with E-state index in [4.69, 9.17) is 4.98 Å². The number of likely N-dealkylation sites (tertiary alicyclic amines) is 1. The van der Waals surface area contributed by atoms with Crippen molar-refractivity contribution in [2.45, 2.75) is 44.8 Å². The van der Waals surface area contributed by atoms with Crippen LogP contribution < -0.4 is 11.1 Å². The lowest BCUT2D eigenvalue weighted by Gasteiger charge is -2.27. The maximum absolute atomic E-state index is 13.3. The van der Waals surface area contributed by atoms with Crippen LogP contribution in [0.2, 0.25) is 0 Å². The van der Waals surface area contributed by atoms with Gasteiger partial charge < -0.3 is 4.57 Å². The van der Waals surface area contributed by atoms with Crippen LogP contribution in [0.3, 0.4) is 0 Å². The standard InChI is InChI=1S/C23H26N4O2/c1-25-17(6-4-10-21(25)28)15-26-13-5-9-20(26)22-24-19-8-3-2-7-18(19)23(29)27(22)14-16-11-12-16/h2-4,6-8,10,16,20H,5,9,11-15H2,1H3. The van der Waals surface area contributed by atoms with E-state index in [0.29, 0.717) is 17.8 Å². The van der Waals surface area contributed by atoms with Gasteiger partial charge in [0.05, 0.1) is 16.9 Å². The lowest BCUT2D eigenvalue weighted by Crippen LogP contribution is -2.33. The fourth-order valence-corrected chi connectivity index (χ4v) is 4.46. The Hall–Kier alpha value is -2.73. The molecule has 0 radical (unpaired) electrons. The Kier molecular flexibility index (Phi) is 4.59. The highest BCUT2D eigenvalue weighted by atomic mass is 16.1. The summed E-state index contributed by atoms with van der Waals surface area (Å²) >= 11 is 0. The highest BCUT2D eigenvalue weighted by Crippen LogP contribution is 2.35. The first-order chi connectivity index (χ1) is 14.1. The molecule has 1 aliphatic heterocycles. The zero-order valence-corrected chi connectivity index (χ0v) is 16.8. The number of hydrogen-bond acceptors (Lipinski definition) is 4. The predicted octanol–water partition coefficient (Wildman–Crippen LogP) is 2.84. The number of pyridine rings is 1. The Morgan fingerprint density at radius 2 is 1.86 bits per heavy atom. The smallest absolute Gasteiger partial charge is 0.261 e. The van der Waals surface area contributed by atoms with E-state index < -0.39 is 0 Å². The van der Waals surface area contributed by atoms with Gasteiger partial charge in [-0.15, -0.1) is 0 Å². The topological polar surface area (TPSA) is 60.1 Å². The fourth-order valence-electron chi connectivity index (χ4n) is 4.46. The van der Waals surface area contributed by atoms with Crippen molar-refractivity contribution >= 4 is 10.9 Å². The summed E-state index contributed by atoms with van der Waals surface area (Å²) in [7, 11) is 1.82. The Bertz CT molecular complexity index is 1180. The predicted molar refractivity (Wildman–Crippen MR) is 113 cm³/mol. The maximum atomic E-state index is 13.3. The van der Waals surface area contributed by atoms with Crippen molar-refractivity contribution < 1.29 is 0 Å².